The monoisotopic (exact) mass is 705 g/mol. The summed E-state index contributed by atoms with van der Waals surface area (Å²) < 4.78 is 17.7. The zero-order chi connectivity index (χ0) is 36.1. The molecule has 53 heavy (non-hydrogen) atoms. The van der Waals surface area contributed by atoms with Gasteiger partial charge < -0.3 is 19.2 Å². The maximum atomic E-state index is 13.6. The molecule has 0 fully saturated rings. The van der Waals surface area contributed by atoms with Gasteiger partial charge in [-0.05, 0) is 76.7 Å². The number of aromatic nitrogens is 5. The molecule has 8 rings (SSSR count). The van der Waals surface area contributed by atoms with Crippen molar-refractivity contribution in [3.8, 4) is 28.6 Å². The van der Waals surface area contributed by atoms with E-state index in [1.807, 2.05) is 54.9 Å². The number of para-hydroxylation sites is 1. The van der Waals surface area contributed by atoms with Crippen LogP contribution in [0, 0.1) is 0 Å². The minimum absolute atomic E-state index is 0.151. The molecule has 264 valence electrons. The SMILES string of the molecule is COc1cc(NC(=O)c2cc(=O)c3ccccc3o2)c(-c2nnn(-c3ccc(CCN4CCc5cnccc5C4)cc3)n2)cc1OCc1ccccc1. The van der Waals surface area contributed by atoms with Gasteiger partial charge in [-0.1, -0.05) is 54.6 Å². The van der Waals surface area contributed by atoms with Gasteiger partial charge in [-0.25, -0.2) is 0 Å². The number of anilines is 1. The molecule has 12 heteroatoms. The van der Waals surface area contributed by atoms with Gasteiger partial charge in [0.15, 0.2) is 22.7 Å². The normalized spacial score (nSPS) is 12.7. The van der Waals surface area contributed by atoms with Crippen LogP contribution in [-0.4, -0.2) is 56.2 Å². The number of nitrogens with zero attached hydrogens (tertiary/aromatic N) is 6. The highest BCUT2D eigenvalue weighted by Crippen LogP contribution is 2.38. The van der Waals surface area contributed by atoms with Gasteiger partial charge in [0.1, 0.15) is 12.2 Å². The number of benzene rings is 4. The van der Waals surface area contributed by atoms with E-state index in [2.05, 4.69) is 43.7 Å². The fourth-order valence-electron chi connectivity index (χ4n) is 6.40. The molecule has 1 aliphatic heterocycles. The first-order valence-electron chi connectivity index (χ1n) is 17.3. The number of pyridine rings is 1. The maximum absolute atomic E-state index is 13.6. The van der Waals surface area contributed by atoms with Crippen LogP contribution in [0.25, 0.3) is 28.0 Å². The number of tetrazole rings is 1. The Balaban J connectivity index is 1.05. The van der Waals surface area contributed by atoms with Gasteiger partial charge in [-0.15, -0.1) is 15.0 Å². The van der Waals surface area contributed by atoms with Crippen LogP contribution in [0.1, 0.15) is 32.8 Å². The molecule has 0 aliphatic carbocycles. The molecule has 1 N–H and O–H groups in total. The van der Waals surface area contributed by atoms with Crippen molar-refractivity contribution in [2.24, 2.45) is 0 Å². The summed E-state index contributed by atoms with van der Waals surface area (Å²) in [5, 5.41) is 16.6. The van der Waals surface area contributed by atoms with Gasteiger partial charge >= 0.3 is 0 Å². The average molecular weight is 706 g/mol. The number of nitrogens with one attached hydrogen (secondary N) is 1. The van der Waals surface area contributed by atoms with Crippen molar-refractivity contribution in [2.45, 2.75) is 26.0 Å². The molecule has 3 aromatic heterocycles. The summed E-state index contributed by atoms with van der Waals surface area (Å²) in [7, 11) is 1.51. The second-order valence-electron chi connectivity index (χ2n) is 12.7. The molecular weight excluding hydrogens is 670 g/mol. The van der Waals surface area contributed by atoms with Gasteiger partial charge in [-0.3, -0.25) is 19.5 Å². The third-order valence-corrected chi connectivity index (χ3v) is 9.28. The molecule has 0 atom stereocenters. The molecule has 0 spiro atoms. The van der Waals surface area contributed by atoms with Gasteiger partial charge in [0.25, 0.3) is 5.91 Å². The zero-order valence-electron chi connectivity index (χ0n) is 28.9. The Kier molecular flexibility index (Phi) is 9.41. The first-order valence-corrected chi connectivity index (χ1v) is 17.3. The van der Waals surface area contributed by atoms with E-state index in [4.69, 9.17) is 19.0 Å². The number of amides is 1. The molecule has 0 radical (unpaired) electrons. The summed E-state index contributed by atoms with van der Waals surface area (Å²) in [5.74, 6) is 0.229. The quantitative estimate of drug-likeness (QED) is 0.164. The smallest absolute Gasteiger partial charge is 0.291 e. The van der Waals surface area contributed by atoms with E-state index >= 15 is 0 Å². The molecule has 4 heterocycles. The van der Waals surface area contributed by atoms with Crippen LogP contribution in [0.4, 0.5) is 5.69 Å². The van der Waals surface area contributed by atoms with Crippen molar-refractivity contribution in [3.05, 3.63) is 154 Å². The van der Waals surface area contributed by atoms with Crippen LogP contribution in [-0.2, 0) is 26.0 Å². The second-order valence-corrected chi connectivity index (χ2v) is 12.7. The molecule has 4 aromatic carbocycles. The Morgan fingerprint density at radius 1 is 0.906 bits per heavy atom. The number of rotatable bonds is 11. The minimum Gasteiger partial charge on any atom is -0.493 e. The van der Waals surface area contributed by atoms with Crippen LogP contribution < -0.4 is 20.2 Å². The largest absolute Gasteiger partial charge is 0.493 e. The Morgan fingerprint density at radius 3 is 2.58 bits per heavy atom. The number of hydrogen-bond donors (Lipinski definition) is 1. The van der Waals surface area contributed by atoms with Gasteiger partial charge in [0.2, 0.25) is 5.82 Å². The van der Waals surface area contributed by atoms with Crippen molar-refractivity contribution in [2.75, 3.05) is 25.5 Å². The fraction of sp³-hybridized carbons (Fsp3) is 0.171. The molecule has 0 bridgehead atoms. The lowest BCUT2D eigenvalue weighted by atomic mass is 10.0. The maximum Gasteiger partial charge on any atom is 0.291 e. The highest BCUT2D eigenvalue weighted by atomic mass is 16.5. The zero-order valence-corrected chi connectivity index (χ0v) is 28.9. The minimum atomic E-state index is -0.636. The van der Waals surface area contributed by atoms with Gasteiger partial charge in [0, 0.05) is 44.2 Å². The molecule has 0 saturated heterocycles. The van der Waals surface area contributed by atoms with Gasteiger partial charge in [-0.2, -0.15) is 0 Å². The van der Waals surface area contributed by atoms with Crippen LogP contribution in [0.5, 0.6) is 11.5 Å². The van der Waals surface area contributed by atoms with Crippen molar-refractivity contribution < 1.29 is 18.7 Å². The number of carbonyl (C=O) groups excluding carboxylic acids is 1. The topological polar surface area (TPSA) is 137 Å². The predicted octanol–water partition coefficient (Wildman–Crippen LogP) is 6.27. The lowest BCUT2D eigenvalue weighted by Crippen LogP contribution is -2.32. The van der Waals surface area contributed by atoms with Crippen molar-refractivity contribution in [1.29, 1.82) is 0 Å². The second kappa shape index (κ2) is 14.9. The fourth-order valence-corrected chi connectivity index (χ4v) is 6.40. The molecule has 0 saturated carbocycles. The molecule has 1 amide bonds. The van der Waals surface area contributed by atoms with E-state index in [0.717, 1.165) is 43.7 Å². The van der Waals surface area contributed by atoms with E-state index in [9.17, 15) is 9.59 Å². The number of fused-ring (bicyclic) bond motifs is 2. The first kappa shape index (κ1) is 33.5. The molecular formula is C41H35N7O5. The average Bonchev–Trinajstić information content (AvgIpc) is 3.70. The third-order valence-electron chi connectivity index (χ3n) is 9.28. The van der Waals surface area contributed by atoms with Crippen molar-refractivity contribution in [3.63, 3.8) is 0 Å². The van der Waals surface area contributed by atoms with E-state index < -0.39 is 5.91 Å². The van der Waals surface area contributed by atoms with Crippen molar-refractivity contribution >= 4 is 22.6 Å². The summed E-state index contributed by atoms with van der Waals surface area (Å²) in [6, 6.07) is 31.2. The Hall–Kier alpha value is -6.66. The van der Waals surface area contributed by atoms with E-state index in [0.29, 0.717) is 33.7 Å². The Morgan fingerprint density at radius 2 is 1.74 bits per heavy atom. The summed E-state index contributed by atoms with van der Waals surface area (Å²) in [6.45, 7) is 3.19. The van der Waals surface area contributed by atoms with Crippen molar-refractivity contribution in [1.82, 2.24) is 30.1 Å². The molecule has 12 nitrogen and oxygen atoms in total. The Labute approximate surface area is 304 Å². The lowest BCUT2D eigenvalue weighted by Gasteiger charge is -2.28. The Bertz CT molecular complexity index is 2460. The van der Waals surface area contributed by atoms with Crippen LogP contribution in [0.3, 0.4) is 0 Å². The first-order chi connectivity index (χ1) is 26.0. The molecule has 0 unspecified atom stereocenters. The number of ether oxygens (including phenoxy) is 2. The summed E-state index contributed by atoms with van der Waals surface area (Å²) in [6.07, 6.45) is 5.77. The highest BCUT2D eigenvalue weighted by molar-refractivity contribution is 6.05. The van der Waals surface area contributed by atoms with Crippen LogP contribution in [0.2, 0.25) is 0 Å². The molecule has 7 aromatic rings. The van der Waals surface area contributed by atoms with Crippen LogP contribution in [0.15, 0.2) is 125 Å². The van der Waals surface area contributed by atoms with Crippen LogP contribution >= 0.6 is 0 Å². The summed E-state index contributed by atoms with van der Waals surface area (Å²) in [5.41, 5.74) is 6.29. The third kappa shape index (κ3) is 7.39. The standard InChI is InChI=1S/C41H35N7O5/c1-51-37-22-34(43-41(50)39-23-35(49)32-9-5-6-10-36(32)53-39)33(21-38(37)52-26-28-7-3-2-4-8-28)40-44-46-48(45-40)31-13-11-27(12-14-31)16-19-47-20-17-29-24-42-18-15-30(29)25-47/h2-15,18,21-24H,16-17,19-20,25-26H2,1H3,(H,43,50). The number of carbonyl (C=O) groups is 1. The lowest BCUT2D eigenvalue weighted by molar-refractivity contribution is 0.0997. The van der Waals surface area contributed by atoms with E-state index in [1.54, 1.807) is 36.4 Å². The number of hydrogen-bond acceptors (Lipinski definition) is 10. The summed E-state index contributed by atoms with van der Waals surface area (Å²) >= 11 is 0. The molecule has 1 aliphatic rings. The van der Waals surface area contributed by atoms with E-state index in [1.165, 1.54) is 34.7 Å². The summed E-state index contributed by atoms with van der Waals surface area (Å²) in [4.78, 5) is 34.5. The predicted molar refractivity (Wildman–Crippen MR) is 199 cm³/mol. The highest BCUT2D eigenvalue weighted by Gasteiger charge is 2.22. The van der Waals surface area contributed by atoms with E-state index in [-0.39, 0.29) is 23.6 Å². The van der Waals surface area contributed by atoms with Gasteiger partial charge in [0.05, 0.1) is 29.4 Å². The number of methoxy groups -OCH3 is 1.